The van der Waals surface area contributed by atoms with Crippen molar-refractivity contribution in [2.75, 3.05) is 71.0 Å². The fourth-order valence-corrected chi connectivity index (χ4v) is 5.05. The van der Waals surface area contributed by atoms with E-state index in [0.29, 0.717) is 11.8 Å². The van der Waals surface area contributed by atoms with Gasteiger partial charge >= 0.3 is 0 Å². The van der Waals surface area contributed by atoms with E-state index in [9.17, 15) is 5.11 Å². The van der Waals surface area contributed by atoms with Gasteiger partial charge in [0, 0.05) is 57.7 Å². The van der Waals surface area contributed by atoms with E-state index in [0.717, 1.165) is 70.7 Å². The predicted octanol–water partition coefficient (Wildman–Crippen LogP) is 2.84. The molecule has 31 heavy (non-hydrogen) atoms. The van der Waals surface area contributed by atoms with Crippen LogP contribution in [0.3, 0.4) is 0 Å². The number of halogens is 1. The Bertz CT molecular complexity index is 821. The number of nitrogens with one attached hydrogen (secondary N) is 1. The molecule has 0 aliphatic carbocycles. The molecule has 2 aliphatic rings. The molecular formula is C22H32IN5O2S. The van der Waals surface area contributed by atoms with Crippen LogP contribution in [0.4, 0.5) is 5.69 Å². The summed E-state index contributed by atoms with van der Waals surface area (Å²) in [4.78, 5) is 13.0. The van der Waals surface area contributed by atoms with Crippen molar-refractivity contribution in [3.05, 3.63) is 46.7 Å². The second kappa shape index (κ2) is 11.9. The Morgan fingerprint density at radius 2 is 1.84 bits per heavy atom. The van der Waals surface area contributed by atoms with Crippen LogP contribution < -0.4 is 10.2 Å². The molecule has 0 spiro atoms. The number of phenols is 1. The lowest BCUT2D eigenvalue weighted by atomic mass is 10.2. The fourth-order valence-electron chi connectivity index (χ4n) is 4.19. The summed E-state index contributed by atoms with van der Waals surface area (Å²) in [7, 11) is 1.85. The van der Waals surface area contributed by atoms with Gasteiger partial charge in [-0.25, -0.2) is 0 Å². The van der Waals surface area contributed by atoms with Crippen LogP contribution in [0.25, 0.3) is 0 Å². The zero-order valence-electron chi connectivity index (χ0n) is 17.9. The summed E-state index contributed by atoms with van der Waals surface area (Å²) in [5.74, 6) is 1.29. The second-order valence-electron chi connectivity index (χ2n) is 7.57. The van der Waals surface area contributed by atoms with Crippen LogP contribution in [0.5, 0.6) is 5.75 Å². The first kappa shape index (κ1) is 24.1. The molecular weight excluding hydrogens is 525 g/mol. The van der Waals surface area contributed by atoms with Crippen molar-refractivity contribution in [2.24, 2.45) is 4.99 Å². The van der Waals surface area contributed by atoms with Gasteiger partial charge in [0.2, 0.25) is 0 Å². The number of guanidine groups is 1. The van der Waals surface area contributed by atoms with Crippen LogP contribution in [0.1, 0.15) is 10.9 Å². The number of aromatic hydroxyl groups is 1. The minimum absolute atomic E-state index is 0. The average Bonchev–Trinajstić information content (AvgIpc) is 3.33. The molecule has 2 N–H and O–H groups in total. The molecule has 1 aromatic heterocycles. The Balaban J connectivity index is 0.00000272. The Morgan fingerprint density at radius 3 is 2.48 bits per heavy atom. The molecule has 0 amide bonds. The third-order valence-electron chi connectivity index (χ3n) is 5.83. The number of para-hydroxylation sites is 2. The van der Waals surface area contributed by atoms with E-state index >= 15 is 0 Å². The summed E-state index contributed by atoms with van der Waals surface area (Å²) in [5.41, 5.74) is 0.908. The van der Waals surface area contributed by atoms with E-state index in [-0.39, 0.29) is 24.0 Å². The number of thiophene rings is 1. The number of ether oxygens (including phenoxy) is 1. The molecule has 3 heterocycles. The summed E-state index contributed by atoms with van der Waals surface area (Å²) < 4.78 is 5.55. The first-order chi connectivity index (χ1) is 14.8. The summed E-state index contributed by atoms with van der Waals surface area (Å²) in [5, 5.41) is 15.9. The van der Waals surface area contributed by atoms with Gasteiger partial charge in [-0.1, -0.05) is 18.2 Å². The standard InChI is InChI=1S/C22H31N5O2S.HI/c1-23-22(27-10-8-25(9-11-27)18-5-2-3-6-20(18)28)24-17-19(21-7-4-16-30-21)26-12-14-29-15-13-26;/h2-7,16,19,28H,8-15,17H2,1H3,(H,23,24);1H. The Morgan fingerprint density at radius 1 is 1.10 bits per heavy atom. The first-order valence-electron chi connectivity index (χ1n) is 10.6. The molecule has 170 valence electrons. The largest absolute Gasteiger partial charge is 0.506 e. The van der Waals surface area contributed by atoms with Crippen molar-refractivity contribution < 1.29 is 9.84 Å². The molecule has 1 aromatic carbocycles. The third kappa shape index (κ3) is 6.03. The minimum Gasteiger partial charge on any atom is -0.506 e. The minimum atomic E-state index is 0. The lowest BCUT2D eigenvalue weighted by molar-refractivity contribution is 0.0176. The van der Waals surface area contributed by atoms with Crippen molar-refractivity contribution in [2.45, 2.75) is 6.04 Å². The van der Waals surface area contributed by atoms with Crippen molar-refractivity contribution in [1.29, 1.82) is 0 Å². The third-order valence-corrected chi connectivity index (χ3v) is 6.80. The molecule has 0 radical (unpaired) electrons. The van der Waals surface area contributed by atoms with Crippen LogP contribution in [0.2, 0.25) is 0 Å². The van der Waals surface area contributed by atoms with Gasteiger partial charge in [-0.05, 0) is 23.6 Å². The van der Waals surface area contributed by atoms with E-state index in [4.69, 9.17) is 4.74 Å². The Hall–Kier alpha value is -1.56. The maximum Gasteiger partial charge on any atom is 0.193 e. The van der Waals surface area contributed by atoms with Gasteiger partial charge in [-0.3, -0.25) is 9.89 Å². The molecule has 2 saturated heterocycles. The van der Waals surface area contributed by atoms with Gasteiger partial charge in [0.05, 0.1) is 24.9 Å². The summed E-state index contributed by atoms with van der Waals surface area (Å²) in [6.45, 7) is 7.80. The highest BCUT2D eigenvalue weighted by Gasteiger charge is 2.26. The number of anilines is 1. The Labute approximate surface area is 205 Å². The predicted molar refractivity (Wildman–Crippen MR) is 138 cm³/mol. The lowest BCUT2D eigenvalue weighted by Gasteiger charge is -2.39. The normalized spacial score (nSPS) is 19.1. The van der Waals surface area contributed by atoms with Gasteiger partial charge in [-0.2, -0.15) is 0 Å². The fraction of sp³-hybridized carbons (Fsp3) is 0.500. The number of nitrogens with zero attached hydrogens (tertiary/aromatic N) is 4. The van der Waals surface area contributed by atoms with E-state index in [2.05, 4.69) is 42.5 Å². The number of aliphatic imine (C=N–C) groups is 1. The van der Waals surface area contributed by atoms with Crippen molar-refractivity contribution in [1.82, 2.24) is 15.1 Å². The zero-order valence-corrected chi connectivity index (χ0v) is 21.1. The zero-order chi connectivity index (χ0) is 20.8. The van der Waals surface area contributed by atoms with Gasteiger partial charge in [0.25, 0.3) is 0 Å². The maximum absolute atomic E-state index is 10.1. The van der Waals surface area contributed by atoms with E-state index in [1.165, 1.54) is 4.88 Å². The van der Waals surface area contributed by atoms with Gasteiger partial charge in [0.1, 0.15) is 5.75 Å². The molecule has 7 nitrogen and oxygen atoms in total. The first-order valence-corrected chi connectivity index (χ1v) is 11.5. The monoisotopic (exact) mass is 557 g/mol. The molecule has 2 aliphatic heterocycles. The van der Waals surface area contributed by atoms with Crippen LogP contribution in [0, 0.1) is 0 Å². The number of hydrogen-bond donors (Lipinski definition) is 2. The van der Waals surface area contributed by atoms with Gasteiger partial charge in [0.15, 0.2) is 5.96 Å². The lowest BCUT2D eigenvalue weighted by Crippen LogP contribution is -2.54. The van der Waals surface area contributed by atoms with E-state index in [1.807, 2.05) is 36.6 Å². The van der Waals surface area contributed by atoms with Crippen molar-refractivity contribution in [3.63, 3.8) is 0 Å². The number of benzene rings is 1. The van der Waals surface area contributed by atoms with Crippen LogP contribution in [-0.2, 0) is 4.74 Å². The number of phenolic OH excluding ortho intramolecular Hbond substituents is 1. The van der Waals surface area contributed by atoms with Gasteiger partial charge in [-0.15, -0.1) is 35.3 Å². The molecule has 1 atom stereocenters. The van der Waals surface area contributed by atoms with Crippen LogP contribution >= 0.6 is 35.3 Å². The molecule has 2 aromatic rings. The average molecular weight is 558 g/mol. The van der Waals surface area contributed by atoms with Crippen molar-refractivity contribution in [3.8, 4) is 5.75 Å². The van der Waals surface area contributed by atoms with E-state index < -0.39 is 0 Å². The van der Waals surface area contributed by atoms with Gasteiger partial charge < -0.3 is 25.0 Å². The quantitative estimate of drug-likeness (QED) is 0.335. The molecule has 0 bridgehead atoms. The van der Waals surface area contributed by atoms with Crippen molar-refractivity contribution >= 4 is 47.0 Å². The maximum atomic E-state index is 10.1. The second-order valence-corrected chi connectivity index (χ2v) is 8.55. The highest BCUT2D eigenvalue weighted by atomic mass is 127. The Kier molecular flexibility index (Phi) is 9.24. The SMILES string of the molecule is CN=C(NCC(c1cccs1)N1CCOCC1)N1CCN(c2ccccc2O)CC1.I. The molecule has 2 fully saturated rings. The molecule has 0 saturated carbocycles. The highest BCUT2D eigenvalue weighted by molar-refractivity contribution is 14.0. The topological polar surface area (TPSA) is 63.6 Å². The van der Waals surface area contributed by atoms with E-state index in [1.54, 1.807) is 6.07 Å². The number of hydrogen-bond acceptors (Lipinski definition) is 6. The number of piperazine rings is 1. The number of morpholine rings is 1. The molecule has 9 heteroatoms. The molecule has 1 unspecified atom stereocenters. The summed E-state index contributed by atoms with van der Waals surface area (Å²) in [6, 6.07) is 12.2. The molecule has 4 rings (SSSR count). The summed E-state index contributed by atoms with van der Waals surface area (Å²) in [6.07, 6.45) is 0. The van der Waals surface area contributed by atoms with Crippen LogP contribution in [-0.4, -0.2) is 86.9 Å². The number of rotatable bonds is 5. The summed E-state index contributed by atoms with van der Waals surface area (Å²) >= 11 is 1.81. The van der Waals surface area contributed by atoms with Crippen LogP contribution in [0.15, 0.2) is 46.8 Å². The highest BCUT2D eigenvalue weighted by Crippen LogP contribution is 2.28. The smallest absolute Gasteiger partial charge is 0.193 e.